The molecule has 0 bridgehead atoms. The van der Waals surface area contributed by atoms with Crippen LogP contribution in [-0.2, 0) is 9.59 Å². The zero-order chi connectivity index (χ0) is 23.1. The molecule has 3 aromatic rings. The summed E-state index contributed by atoms with van der Waals surface area (Å²) in [5.74, 6) is -1.90. The van der Waals surface area contributed by atoms with Crippen molar-refractivity contribution in [3.63, 3.8) is 0 Å². The van der Waals surface area contributed by atoms with Crippen LogP contribution in [0.3, 0.4) is 0 Å². The van der Waals surface area contributed by atoms with E-state index in [1.165, 1.54) is 25.3 Å². The molecule has 0 spiro atoms. The molecule has 0 aliphatic heterocycles. The van der Waals surface area contributed by atoms with Gasteiger partial charge in [0.15, 0.2) is 0 Å². The van der Waals surface area contributed by atoms with Crippen molar-refractivity contribution in [2.24, 2.45) is 0 Å². The van der Waals surface area contributed by atoms with E-state index in [4.69, 9.17) is 11.6 Å². The summed E-state index contributed by atoms with van der Waals surface area (Å²) < 4.78 is 13.8. The van der Waals surface area contributed by atoms with Gasteiger partial charge in [0.25, 0.3) is 5.91 Å². The lowest BCUT2D eigenvalue weighted by Crippen LogP contribution is -2.30. The van der Waals surface area contributed by atoms with Crippen LogP contribution in [0.25, 0.3) is 0 Å². The van der Waals surface area contributed by atoms with Gasteiger partial charge in [0, 0.05) is 18.1 Å². The standard InChI is InChI=1S/C23H20ClFN4O3/c1-14(30)27-20(15-5-7-16(24)8-6-15)13-22(31)28-21-12-17(25)9-10-18(21)29-23(32)19-4-2-3-11-26-19/h2-12,20H,13H2,1H3,(H,27,30)(H,28,31)(H,29,32). The van der Waals surface area contributed by atoms with Crippen LogP contribution >= 0.6 is 11.6 Å². The van der Waals surface area contributed by atoms with E-state index in [2.05, 4.69) is 20.9 Å². The van der Waals surface area contributed by atoms with Crippen LogP contribution in [0, 0.1) is 5.82 Å². The van der Waals surface area contributed by atoms with Gasteiger partial charge in [0.2, 0.25) is 11.8 Å². The lowest BCUT2D eigenvalue weighted by atomic mass is 10.0. The highest BCUT2D eigenvalue weighted by atomic mass is 35.5. The van der Waals surface area contributed by atoms with Gasteiger partial charge in [-0.25, -0.2) is 4.39 Å². The van der Waals surface area contributed by atoms with Crippen LogP contribution in [0.1, 0.15) is 35.4 Å². The van der Waals surface area contributed by atoms with Gasteiger partial charge in [-0.2, -0.15) is 0 Å². The number of anilines is 2. The molecule has 0 fully saturated rings. The fourth-order valence-corrected chi connectivity index (χ4v) is 3.12. The van der Waals surface area contributed by atoms with Crippen LogP contribution in [0.5, 0.6) is 0 Å². The normalized spacial score (nSPS) is 11.3. The summed E-state index contributed by atoms with van der Waals surface area (Å²) in [6.07, 6.45) is 1.35. The average molecular weight is 455 g/mol. The number of hydrogen-bond acceptors (Lipinski definition) is 4. The number of carbonyl (C=O) groups is 3. The van der Waals surface area contributed by atoms with E-state index in [0.717, 1.165) is 12.1 Å². The van der Waals surface area contributed by atoms with Crippen molar-refractivity contribution in [1.29, 1.82) is 0 Å². The first-order valence-corrected chi connectivity index (χ1v) is 10.0. The van der Waals surface area contributed by atoms with Gasteiger partial charge in [-0.15, -0.1) is 0 Å². The first kappa shape index (κ1) is 22.9. The summed E-state index contributed by atoms with van der Waals surface area (Å²) in [5.41, 5.74) is 1.14. The second kappa shape index (κ2) is 10.5. The third-order valence-corrected chi connectivity index (χ3v) is 4.69. The zero-order valence-electron chi connectivity index (χ0n) is 17.1. The molecule has 1 heterocycles. The van der Waals surface area contributed by atoms with E-state index >= 15 is 0 Å². The van der Waals surface area contributed by atoms with E-state index < -0.39 is 23.7 Å². The smallest absolute Gasteiger partial charge is 0.274 e. The molecule has 3 amide bonds. The van der Waals surface area contributed by atoms with Crippen LogP contribution in [0.15, 0.2) is 66.9 Å². The van der Waals surface area contributed by atoms with Crippen LogP contribution in [0.2, 0.25) is 5.02 Å². The predicted octanol–water partition coefficient (Wildman–Crippen LogP) is 4.33. The topological polar surface area (TPSA) is 100 Å². The molecule has 9 heteroatoms. The molecule has 0 saturated carbocycles. The molecule has 0 saturated heterocycles. The maximum Gasteiger partial charge on any atom is 0.274 e. The lowest BCUT2D eigenvalue weighted by Gasteiger charge is -2.19. The maximum absolute atomic E-state index is 13.8. The molecule has 0 aliphatic carbocycles. The lowest BCUT2D eigenvalue weighted by molar-refractivity contribution is -0.120. The Kier molecular flexibility index (Phi) is 7.51. The molecule has 3 rings (SSSR count). The van der Waals surface area contributed by atoms with Crippen molar-refractivity contribution in [1.82, 2.24) is 10.3 Å². The number of amides is 3. The highest BCUT2D eigenvalue weighted by Gasteiger charge is 2.19. The van der Waals surface area contributed by atoms with Crippen LogP contribution in [-0.4, -0.2) is 22.7 Å². The van der Waals surface area contributed by atoms with Crippen molar-refractivity contribution >= 4 is 40.7 Å². The highest BCUT2D eigenvalue weighted by Crippen LogP contribution is 2.25. The van der Waals surface area contributed by atoms with Gasteiger partial charge in [-0.3, -0.25) is 19.4 Å². The van der Waals surface area contributed by atoms with Crippen molar-refractivity contribution < 1.29 is 18.8 Å². The molecule has 0 aliphatic rings. The first-order chi connectivity index (χ1) is 15.3. The van der Waals surface area contributed by atoms with Crippen molar-refractivity contribution in [2.75, 3.05) is 10.6 Å². The number of carbonyl (C=O) groups excluding carboxylic acids is 3. The Hall–Kier alpha value is -3.78. The number of rotatable bonds is 7. The highest BCUT2D eigenvalue weighted by molar-refractivity contribution is 6.30. The SMILES string of the molecule is CC(=O)NC(CC(=O)Nc1cc(F)ccc1NC(=O)c1ccccn1)c1ccc(Cl)cc1. The number of nitrogens with one attached hydrogen (secondary N) is 3. The van der Waals surface area contributed by atoms with Gasteiger partial charge in [-0.1, -0.05) is 29.8 Å². The Bertz CT molecular complexity index is 1120. The minimum absolute atomic E-state index is 0.0805. The minimum atomic E-state index is -0.620. The molecule has 1 atom stereocenters. The quantitative estimate of drug-likeness (QED) is 0.494. The third kappa shape index (κ3) is 6.36. The Labute approximate surface area is 189 Å². The average Bonchev–Trinajstić information content (AvgIpc) is 2.76. The summed E-state index contributed by atoms with van der Waals surface area (Å²) in [7, 11) is 0. The van der Waals surface area contributed by atoms with Gasteiger partial charge in [0.1, 0.15) is 11.5 Å². The molecular weight excluding hydrogens is 435 g/mol. The summed E-state index contributed by atoms with van der Waals surface area (Å²) in [5, 5.41) is 8.46. The predicted molar refractivity (Wildman–Crippen MR) is 120 cm³/mol. The van der Waals surface area contributed by atoms with Gasteiger partial charge in [-0.05, 0) is 48.0 Å². The van der Waals surface area contributed by atoms with Crippen molar-refractivity contribution in [3.8, 4) is 0 Å². The summed E-state index contributed by atoms with van der Waals surface area (Å²) >= 11 is 5.91. The molecule has 0 radical (unpaired) electrons. The number of halogens is 2. The molecule has 1 aromatic heterocycles. The van der Waals surface area contributed by atoms with E-state index in [1.54, 1.807) is 36.4 Å². The summed E-state index contributed by atoms with van der Waals surface area (Å²) in [6.45, 7) is 1.35. The molecule has 1 unspecified atom stereocenters. The molecule has 7 nitrogen and oxygen atoms in total. The number of nitrogens with zero attached hydrogens (tertiary/aromatic N) is 1. The number of hydrogen-bond donors (Lipinski definition) is 3. The van der Waals surface area contributed by atoms with Crippen molar-refractivity contribution in [3.05, 3.63) is 89.0 Å². The third-order valence-electron chi connectivity index (χ3n) is 4.44. The monoisotopic (exact) mass is 454 g/mol. The van der Waals surface area contributed by atoms with Crippen LogP contribution < -0.4 is 16.0 Å². The molecule has 2 aromatic carbocycles. The summed E-state index contributed by atoms with van der Waals surface area (Å²) in [4.78, 5) is 40.7. The fourth-order valence-electron chi connectivity index (χ4n) is 2.99. The van der Waals surface area contributed by atoms with Crippen LogP contribution in [0.4, 0.5) is 15.8 Å². The number of aromatic nitrogens is 1. The Balaban J connectivity index is 1.77. The molecule has 164 valence electrons. The number of pyridine rings is 1. The fraction of sp³-hybridized carbons (Fsp3) is 0.130. The molecular formula is C23H20ClFN4O3. The minimum Gasteiger partial charge on any atom is -0.349 e. The van der Waals surface area contributed by atoms with Gasteiger partial charge in [0.05, 0.1) is 23.8 Å². The number of benzene rings is 2. The second-order valence-corrected chi connectivity index (χ2v) is 7.35. The Morgan fingerprint density at radius 3 is 2.41 bits per heavy atom. The summed E-state index contributed by atoms with van der Waals surface area (Å²) in [6, 6.07) is 14.6. The van der Waals surface area contributed by atoms with E-state index in [0.29, 0.717) is 10.6 Å². The van der Waals surface area contributed by atoms with E-state index in [1.807, 2.05) is 0 Å². The largest absolute Gasteiger partial charge is 0.349 e. The molecule has 32 heavy (non-hydrogen) atoms. The van der Waals surface area contributed by atoms with E-state index in [9.17, 15) is 18.8 Å². The van der Waals surface area contributed by atoms with E-state index in [-0.39, 0.29) is 29.4 Å². The second-order valence-electron chi connectivity index (χ2n) is 6.92. The van der Waals surface area contributed by atoms with Crippen molar-refractivity contribution in [2.45, 2.75) is 19.4 Å². The maximum atomic E-state index is 13.8. The Morgan fingerprint density at radius 2 is 1.75 bits per heavy atom. The van der Waals surface area contributed by atoms with Gasteiger partial charge < -0.3 is 16.0 Å². The first-order valence-electron chi connectivity index (χ1n) is 9.66. The zero-order valence-corrected chi connectivity index (χ0v) is 17.8. The molecule has 3 N–H and O–H groups in total. The van der Waals surface area contributed by atoms with Gasteiger partial charge >= 0.3 is 0 Å². The Morgan fingerprint density at radius 1 is 1.00 bits per heavy atom.